The Morgan fingerprint density at radius 2 is 1.79 bits per heavy atom. The first-order chi connectivity index (χ1) is 19.0. The lowest BCUT2D eigenvalue weighted by molar-refractivity contribution is -0.117. The molecule has 1 atom stereocenters. The van der Waals surface area contributed by atoms with Crippen LogP contribution >= 0.6 is 23.1 Å². The highest BCUT2D eigenvalue weighted by Gasteiger charge is 2.45. The molecule has 1 unspecified atom stereocenters. The van der Waals surface area contributed by atoms with Gasteiger partial charge in [0.1, 0.15) is 11.6 Å². The van der Waals surface area contributed by atoms with Gasteiger partial charge in [0.15, 0.2) is 15.9 Å². The van der Waals surface area contributed by atoms with Gasteiger partial charge < -0.3 is 9.84 Å². The largest absolute Gasteiger partial charge is 0.503 e. The van der Waals surface area contributed by atoms with E-state index in [9.17, 15) is 19.1 Å². The lowest BCUT2D eigenvalue weighted by Crippen LogP contribution is -2.30. The third-order valence-electron chi connectivity index (χ3n) is 6.04. The zero-order valence-electron chi connectivity index (χ0n) is 20.7. The molecule has 196 valence electrons. The Kier molecular flexibility index (Phi) is 7.85. The fourth-order valence-electron chi connectivity index (χ4n) is 4.09. The van der Waals surface area contributed by atoms with E-state index >= 15 is 0 Å². The van der Waals surface area contributed by atoms with E-state index in [-0.39, 0.29) is 16.5 Å². The summed E-state index contributed by atoms with van der Waals surface area (Å²) in [6, 6.07) is 21.6. The van der Waals surface area contributed by atoms with Crippen molar-refractivity contribution in [1.82, 2.24) is 10.2 Å². The van der Waals surface area contributed by atoms with Gasteiger partial charge in [-0.2, -0.15) is 0 Å². The summed E-state index contributed by atoms with van der Waals surface area (Å²) in [4.78, 5) is 28.0. The molecule has 3 aromatic carbocycles. The number of methoxy groups -OCH3 is 1. The summed E-state index contributed by atoms with van der Waals surface area (Å²) in [6.07, 6.45) is 2.97. The molecule has 1 aliphatic heterocycles. The van der Waals surface area contributed by atoms with Crippen LogP contribution in [0.2, 0.25) is 0 Å². The van der Waals surface area contributed by atoms with E-state index in [4.69, 9.17) is 4.74 Å². The molecule has 0 saturated heterocycles. The Balaban J connectivity index is 1.47. The number of carbonyl (C=O) groups excluding carboxylic acids is 2. The second kappa shape index (κ2) is 11.6. The number of amides is 1. The topological polar surface area (TPSA) is 92.6 Å². The van der Waals surface area contributed by atoms with Crippen molar-refractivity contribution in [2.45, 2.75) is 16.1 Å². The number of nitrogens with zero attached hydrogens (tertiary/aromatic N) is 3. The Morgan fingerprint density at radius 3 is 2.51 bits per heavy atom. The van der Waals surface area contributed by atoms with Crippen molar-refractivity contribution in [2.24, 2.45) is 0 Å². The van der Waals surface area contributed by atoms with Gasteiger partial charge in [0.25, 0.3) is 5.91 Å². The normalized spacial score (nSPS) is 15.4. The maximum atomic E-state index is 14.0. The molecule has 0 bridgehead atoms. The lowest BCUT2D eigenvalue weighted by Gasteiger charge is -2.23. The van der Waals surface area contributed by atoms with Crippen LogP contribution < -0.4 is 9.64 Å². The van der Waals surface area contributed by atoms with Crippen LogP contribution in [-0.4, -0.2) is 34.1 Å². The van der Waals surface area contributed by atoms with Gasteiger partial charge >= 0.3 is 0 Å². The molecule has 0 spiro atoms. The minimum absolute atomic E-state index is 0.0619. The average molecular weight is 560 g/mol. The number of allylic oxidation sites excluding steroid dienone is 1. The molecule has 1 aromatic heterocycles. The zero-order chi connectivity index (χ0) is 27.4. The first-order valence-electron chi connectivity index (χ1n) is 11.8. The summed E-state index contributed by atoms with van der Waals surface area (Å²) in [5, 5.41) is 19.4. The number of hydrogen-bond acceptors (Lipinski definition) is 8. The maximum absolute atomic E-state index is 14.0. The number of hydrogen-bond donors (Lipinski definition) is 1. The Labute approximate surface area is 232 Å². The van der Waals surface area contributed by atoms with Crippen molar-refractivity contribution in [3.8, 4) is 5.75 Å². The van der Waals surface area contributed by atoms with E-state index in [1.165, 1.54) is 35.9 Å². The number of rotatable bonds is 9. The summed E-state index contributed by atoms with van der Waals surface area (Å²) < 4.78 is 19.8. The van der Waals surface area contributed by atoms with Crippen molar-refractivity contribution < 1.29 is 23.8 Å². The summed E-state index contributed by atoms with van der Waals surface area (Å²) in [7, 11) is 1.54. The van der Waals surface area contributed by atoms with E-state index in [0.717, 1.165) is 16.9 Å². The van der Waals surface area contributed by atoms with Gasteiger partial charge in [-0.15, -0.1) is 10.2 Å². The van der Waals surface area contributed by atoms with Crippen LogP contribution in [0.4, 0.5) is 9.52 Å². The number of ether oxygens (including phenoxy) is 1. The molecule has 1 aliphatic rings. The van der Waals surface area contributed by atoms with Crippen LogP contribution in [0.15, 0.2) is 101 Å². The average Bonchev–Trinajstić information content (AvgIpc) is 3.53. The van der Waals surface area contributed by atoms with Crippen LogP contribution in [0.5, 0.6) is 5.75 Å². The molecule has 4 aromatic rings. The molecule has 10 heteroatoms. The predicted octanol–water partition coefficient (Wildman–Crippen LogP) is 6.16. The third kappa shape index (κ3) is 5.62. The van der Waals surface area contributed by atoms with E-state index in [1.807, 2.05) is 30.3 Å². The molecule has 0 saturated carbocycles. The summed E-state index contributed by atoms with van der Waals surface area (Å²) in [6.45, 7) is 0. The Hall–Kier alpha value is -4.28. The molecule has 0 radical (unpaired) electrons. The highest BCUT2D eigenvalue weighted by atomic mass is 32.2. The molecule has 0 aliphatic carbocycles. The van der Waals surface area contributed by atoms with Crippen molar-refractivity contribution in [2.75, 3.05) is 12.0 Å². The van der Waals surface area contributed by atoms with Crippen LogP contribution in [0.3, 0.4) is 0 Å². The zero-order valence-corrected chi connectivity index (χ0v) is 22.3. The molecular formula is C29H22FN3O4S2. The first kappa shape index (κ1) is 26.3. The van der Waals surface area contributed by atoms with Crippen molar-refractivity contribution >= 4 is 46.0 Å². The number of aliphatic hydroxyl groups is 1. The summed E-state index contributed by atoms with van der Waals surface area (Å²) >= 11 is 2.40. The number of carbonyl (C=O) groups is 2. The molecule has 39 heavy (non-hydrogen) atoms. The maximum Gasteiger partial charge on any atom is 0.296 e. The van der Waals surface area contributed by atoms with Gasteiger partial charge in [-0.3, -0.25) is 14.5 Å². The van der Waals surface area contributed by atoms with Gasteiger partial charge in [0.2, 0.25) is 5.13 Å². The fourth-order valence-corrected chi connectivity index (χ4v) is 5.95. The number of thioether (sulfide) groups is 1. The molecular weight excluding hydrogens is 537 g/mol. The number of aromatic nitrogens is 2. The number of aliphatic hydroxyl groups excluding tert-OH is 1. The Bertz CT molecular complexity index is 1570. The van der Waals surface area contributed by atoms with E-state index in [0.29, 0.717) is 27.0 Å². The van der Waals surface area contributed by atoms with Crippen LogP contribution in [0.25, 0.3) is 6.08 Å². The number of anilines is 1. The van der Waals surface area contributed by atoms with Gasteiger partial charge in [0, 0.05) is 5.75 Å². The number of ketones is 1. The second-order valence-corrected chi connectivity index (χ2v) is 10.6. The van der Waals surface area contributed by atoms with E-state index < -0.39 is 23.5 Å². The first-order valence-corrected chi connectivity index (χ1v) is 13.6. The van der Waals surface area contributed by atoms with Gasteiger partial charge in [-0.25, -0.2) is 4.39 Å². The molecule has 5 rings (SSSR count). The minimum Gasteiger partial charge on any atom is -0.503 e. The van der Waals surface area contributed by atoms with E-state index in [2.05, 4.69) is 10.2 Å². The van der Waals surface area contributed by atoms with Crippen LogP contribution in [-0.2, 0) is 15.3 Å². The van der Waals surface area contributed by atoms with Crippen molar-refractivity contribution in [3.63, 3.8) is 0 Å². The Morgan fingerprint density at radius 1 is 1.08 bits per heavy atom. The molecule has 0 fully saturated rings. The highest BCUT2D eigenvalue weighted by Crippen LogP contribution is 2.43. The minimum atomic E-state index is -0.936. The van der Waals surface area contributed by atoms with Crippen molar-refractivity contribution in [1.29, 1.82) is 0 Å². The fraction of sp³-hybridized carbons (Fsp3) is 0.103. The summed E-state index contributed by atoms with van der Waals surface area (Å²) in [5.74, 6) is -1.29. The standard InChI is InChI=1S/C29H22FN3O4S2/c1-37-21-14-12-19(13-15-21)25-24(23(34)16-11-18-7-3-2-4-8-18)26(35)27(36)33(25)28-31-32-29(39-28)38-17-20-9-5-6-10-22(20)30/h2-16,25,35H,17H2,1H3/b16-11+. The van der Waals surface area contributed by atoms with Crippen LogP contribution in [0.1, 0.15) is 22.7 Å². The SMILES string of the molecule is COc1ccc(C2C(C(=O)/C=C/c3ccccc3)=C(O)C(=O)N2c2nnc(SCc3ccccc3F)s2)cc1. The lowest BCUT2D eigenvalue weighted by atomic mass is 9.95. The second-order valence-electron chi connectivity index (χ2n) is 8.45. The molecule has 1 amide bonds. The summed E-state index contributed by atoms with van der Waals surface area (Å²) in [5.41, 5.74) is 1.84. The monoisotopic (exact) mass is 559 g/mol. The number of benzene rings is 3. The third-order valence-corrected chi connectivity index (χ3v) is 8.15. The van der Waals surface area contributed by atoms with E-state index in [1.54, 1.807) is 48.5 Å². The quantitative estimate of drug-likeness (QED) is 0.149. The van der Waals surface area contributed by atoms with Gasteiger partial charge in [-0.1, -0.05) is 89.8 Å². The van der Waals surface area contributed by atoms with Gasteiger partial charge in [0.05, 0.1) is 18.7 Å². The molecule has 7 nitrogen and oxygen atoms in total. The smallest absolute Gasteiger partial charge is 0.296 e. The van der Waals surface area contributed by atoms with Crippen molar-refractivity contribution in [3.05, 3.63) is 119 Å². The highest BCUT2D eigenvalue weighted by molar-refractivity contribution is 8.00. The molecule has 2 heterocycles. The van der Waals surface area contributed by atoms with Crippen LogP contribution in [0, 0.1) is 5.82 Å². The molecule has 1 N–H and O–H groups in total. The van der Waals surface area contributed by atoms with Gasteiger partial charge in [-0.05, 0) is 41.0 Å². The predicted molar refractivity (Wildman–Crippen MR) is 149 cm³/mol. The number of halogens is 1.